The Bertz CT molecular complexity index is 1250. The second-order valence-electron chi connectivity index (χ2n) is 6.59. The molecule has 0 aliphatic heterocycles. The molecule has 1 aromatic carbocycles. The second-order valence-corrected chi connectivity index (χ2v) is 7.97. The highest BCUT2D eigenvalue weighted by molar-refractivity contribution is 7.99. The third-order valence-electron chi connectivity index (χ3n) is 4.50. The number of rotatable bonds is 10. The van der Waals surface area contributed by atoms with Crippen molar-refractivity contribution in [2.24, 2.45) is 0 Å². The maximum Gasteiger partial charge on any atom is 0.330 e. The number of ketones is 1. The number of nitrogens with zero attached hydrogens (tertiary/aromatic N) is 4. The lowest BCUT2D eigenvalue weighted by Crippen LogP contribution is -2.37. The molecule has 12 heteroatoms. The SMILES string of the molecule is C=CCn1c(SCC(=O)c2c(N)n(CCOC)c(=O)[nH]c2=O)nnc1-c1ccc(Cl)cc1. The molecule has 0 spiro atoms. The van der Waals surface area contributed by atoms with Gasteiger partial charge in [-0.05, 0) is 24.3 Å². The summed E-state index contributed by atoms with van der Waals surface area (Å²) >= 11 is 7.05. The third-order valence-corrected chi connectivity index (χ3v) is 5.72. The van der Waals surface area contributed by atoms with Crippen LogP contribution >= 0.6 is 23.4 Å². The first-order valence-corrected chi connectivity index (χ1v) is 10.8. The quantitative estimate of drug-likeness (QED) is 0.257. The smallest absolute Gasteiger partial charge is 0.330 e. The van der Waals surface area contributed by atoms with Gasteiger partial charge < -0.3 is 10.5 Å². The minimum absolute atomic E-state index is 0.101. The fourth-order valence-corrected chi connectivity index (χ4v) is 3.91. The molecule has 0 amide bonds. The summed E-state index contributed by atoms with van der Waals surface area (Å²) < 4.78 is 7.84. The number of carbonyl (C=O) groups excluding carboxylic acids is 1. The summed E-state index contributed by atoms with van der Waals surface area (Å²) in [6, 6.07) is 7.12. The number of H-pyrrole nitrogens is 1. The van der Waals surface area contributed by atoms with Crippen LogP contribution in [0.1, 0.15) is 10.4 Å². The maximum atomic E-state index is 12.8. The van der Waals surface area contributed by atoms with E-state index in [-0.39, 0.29) is 30.3 Å². The van der Waals surface area contributed by atoms with E-state index in [4.69, 9.17) is 22.1 Å². The Hall–Kier alpha value is -3.15. The highest BCUT2D eigenvalue weighted by atomic mass is 35.5. The number of methoxy groups -OCH3 is 1. The summed E-state index contributed by atoms with van der Waals surface area (Å²) in [5.41, 5.74) is 4.95. The van der Waals surface area contributed by atoms with Gasteiger partial charge in [-0.25, -0.2) is 4.79 Å². The summed E-state index contributed by atoms with van der Waals surface area (Å²) in [5, 5.41) is 9.45. The second kappa shape index (κ2) is 10.4. The number of thioether (sulfide) groups is 1. The molecule has 0 fully saturated rings. The Morgan fingerprint density at radius 2 is 2.00 bits per heavy atom. The van der Waals surface area contributed by atoms with Gasteiger partial charge >= 0.3 is 5.69 Å². The molecule has 0 radical (unpaired) electrons. The van der Waals surface area contributed by atoms with Crippen molar-refractivity contribution in [3.8, 4) is 11.4 Å². The van der Waals surface area contributed by atoms with Crippen molar-refractivity contribution in [2.45, 2.75) is 18.2 Å². The van der Waals surface area contributed by atoms with E-state index in [0.29, 0.717) is 22.5 Å². The van der Waals surface area contributed by atoms with Crippen molar-refractivity contribution < 1.29 is 9.53 Å². The number of carbonyl (C=O) groups is 1. The molecule has 0 unspecified atom stereocenters. The number of benzene rings is 1. The van der Waals surface area contributed by atoms with E-state index in [2.05, 4.69) is 21.8 Å². The van der Waals surface area contributed by atoms with Gasteiger partial charge in [-0.15, -0.1) is 16.8 Å². The van der Waals surface area contributed by atoms with Crippen LogP contribution in [0.2, 0.25) is 5.02 Å². The Morgan fingerprint density at radius 1 is 1.28 bits per heavy atom. The minimum atomic E-state index is -0.832. The number of hydrogen-bond donors (Lipinski definition) is 2. The van der Waals surface area contributed by atoms with Crippen molar-refractivity contribution in [1.82, 2.24) is 24.3 Å². The molecule has 3 aromatic rings. The summed E-state index contributed by atoms with van der Waals surface area (Å²) in [6.45, 7) is 4.46. The zero-order chi connectivity index (χ0) is 23.3. The molecule has 0 aliphatic rings. The molecule has 0 aliphatic carbocycles. The highest BCUT2D eigenvalue weighted by Gasteiger charge is 2.21. The van der Waals surface area contributed by atoms with Gasteiger partial charge in [-0.3, -0.25) is 23.7 Å². The van der Waals surface area contributed by atoms with E-state index in [1.165, 1.54) is 7.11 Å². The fourth-order valence-electron chi connectivity index (χ4n) is 2.97. The molecule has 0 bridgehead atoms. The van der Waals surface area contributed by atoms with Crippen molar-refractivity contribution in [2.75, 3.05) is 25.2 Å². The summed E-state index contributed by atoms with van der Waals surface area (Å²) in [7, 11) is 1.47. The number of allylic oxidation sites excluding steroid dienone is 1. The molecular formula is C20H21ClN6O4S. The molecule has 10 nitrogen and oxygen atoms in total. The Balaban J connectivity index is 1.86. The number of ether oxygens (including phenoxy) is 1. The van der Waals surface area contributed by atoms with Crippen LogP contribution in [0.3, 0.4) is 0 Å². The summed E-state index contributed by atoms with van der Waals surface area (Å²) in [5.74, 6) is -0.287. The zero-order valence-electron chi connectivity index (χ0n) is 17.2. The van der Waals surface area contributed by atoms with E-state index < -0.39 is 17.0 Å². The number of hydrogen-bond acceptors (Lipinski definition) is 8. The van der Waals surface area contributed by atoms with Crippen molar-refractivity contribution in [1.29, 1.82) is 0 Å². The van der Waals surface area contributed by atoms with Gasteiger partial charge in [0, 0.05) is 24.2 Å². The molecule has 3 N–H and O–H groups in total. The fraction of sp³-hybridized carbons (Fsp3) is 0.250. The Kier molecular flexibility index (Phi) is 7.67. The number of aromatic amines is 1. The summed E-state index contributed by atoms with van der Waals surface area (Å²) in [6.07, 6.45) is 1.68. The van der Waals surface area contributed by atoms with Crippen LogP contribution in [0.25, 0.3) is 11.4 Å². The minimum Gasteiger partial charge on any atom is -0.384 e. The average molecular weight is 477 g/mol. The zero-order valence-corrected chi connectivity index (χ0v) is 18.8. The number of nitrogens with one attached hydrogen (secondary N) is 1. The molecule has 0 atom stereocenters. The molecule has 2 heterocycles. The average Bonchev–Trinajstić information content (AvgIpc) is 3.15. The largest absolute Gasteiger partial charge is 0.384 e. The molecule has 3 rings (SSSR count). The van der Waals surface area contributed by atoms with Crippen LogP contribution in [0, 0.1) is 0 Å². The lowest BCUT2D eigenvalue weighted by Gasteiger charge is -2.11. The molecular weight excluding hydrogens is 456 g/mol. The Morgan fingerprint density at radius 3 is 2.66 bits per heavy atom. The first-order chi connectivity index (χ1) is 15.4. The maximum absolute atomic E-state index is 12.8. The monoisotopic (exact) mass is 476 g/mol. The number of nitrogen functional groups attached to an aromatic ring is 1. The van der Waals surface area contributed by atoms with Gasteiger partial charge in [0.15, 0.2) is 16.8 Å². The van der Waals surface area contributed by atoms with Gasteiger partial charge in [0.2, 0.25) is 0 Å². The Labute approximate surface area is 192 Å². The third kappa shape index (κ3) is 5.01. The number of anilines is 1. The molecule has 168 valence electrons. The predicted molar refractivity (Wildman–Crippen MR) is 123 cm³/mol. The molecule has 2 aromatic heterocycles. The van der Waals surface area contributed by atoms with E-state index in [1.807, 2.05) is 12.1 Å². The molecule has 0 saturated carbocycles. The van der Waals surface area contributed by atoms with Gasteiger partial charge in [-0.2, -0.15) is 0 Å². The predicted octanol–water partition coefficient (Wildman–Crippen LogP) is 1.84. The van der Waals surface area contributed by atoms with Crippen LogP contribution in [-0.4, -0.2) is 49.6 Å². The first kappa shape index (κ1) is 23.5. The molecule has 32 heavy (non-hydrogen) atoms. The number of halogens is 1. The number of Topliss-reactive ketones (excluding diaryl/α,β-unsaturated/α-hetero) is 1. The highest BCUT2D eigenvalue weighted by Crippen LogP contribution is 2.26. The normalized spacial score (nSPS) is 10.9. The van der Waals surface area contributed by atoms with E-state index >= 15 is 0 Å². The van der Waals surface area contributed by atoms with E-state index in [1.54, 1.807) is 22.8 Å². The standard InChI is InChI=1S/C20H21ClN6O4S/c1-3-8-27-17(12-4-6-13(21)7-5-12)24-25-20(27)32-11-14(28)15-16(22)26(9-10-31-2)19(30)23-18(15)29/h3-7H,1,8-11,22H2,2H3,(H,23,29,30). The van der Waals surface area contributed by atoms with Crippen LogP contribution in [0.5, 0.6) is 0 Å². The number of nitrogens with two attached hydrogens (primary N) is 1. The van der Waals surface area contributed by atoms with Gasteiger partial charge in [0.1, 0.15) is 11.4 Å². The van der Waals surface area contributed by atoms with Gasteiger partial charge in [-0.1, -0.05) is 29.4 Å². The first-order valence-electron chi connectivity index (χ1n) is 9.45. The lowest BCUT2D eigenvalue weighted by molar-refractivity contribution is 0.102. The van der Waals surface area contributed by atoms with Crippen LogP contribution in [0.15, 0.2) is 51.7 Å². The summed E-state index contributed by atoms with van der Waals surface area (Å²) in [4.78, 5) is 39.2. The lowest BCUT2D eigenvalue weighted by atomic mass is 10.2. The molecule has 0 saturated heterocycles. The topological polar surface area (TPSA) is 138 Å². The van der Waals surface area contributed by atoms with Gasteiger partial charge in [0.25, 0.3) is 5.56 Å². The van der Waals surface area contributed by atoms with Crippen LogP contribution < -0.4 is 17.0 Å². The van der Waals surface area contributed by atoms with Crippen LogP contribution in [-0.2, 0) is 17.8 Å². The van der Waals surface area contributed by atoms with Crippen molar-refractivity contribution >= 4 is 35.0 Å². The number of aromatic nitrogens is 5. The van der Waals surface area contributed by atoms with Crippen molar-refractivity contribution in [3.63, 3.8) is 0 Å². The van der Waals surface area contributed by atoms with Gasteiger partial charge in [0.05, 0.1) is 18.9 Å². The van der Waals surface area contributed by atoms with E-state index in [9.17, 15) is 14.4 Å². The van der Waals surface area contributed by atoms with E-state index in [0.717, 1.165) is 21.9 Å². The van der Waals surface area contributed by atoms with Crippen molar-refractivity contribution in [3.05, 3.63) is 68.3 Å². The van der Waals surface area contributed by atoms with Crippen LogP contribution in [0.4, 0.5) is 5.82 Å².